The van der Waals surface area contributed by atoms with E-state index in [9.17, 15) is 9.59 Å². The van der Waals surface area contributed by atoms with Crippen LogP contribution in [0.2, 0.25) is 0 Å². The summed E-state index contributed by atoms with van der Waals surface area (Å²) in [5.41, 5.74) is 4.12. The topological polar surface area (TPSA) is 43.4 Å². The number of hydrogen-bond donors (Lipinski definition) is 0. The molecule has 102 valence electrons. The molecule has 1 aliphatic rings. The number of rotatable bonds is 3. The van der Waals surface area contributed by atoms with E-state index in [1.165, 1.54) is 18.2 Å². The molecule has 0 amide bonds. The summed E-state index contributed by atoms with van der Waals surface area (Å²) in [6.07, 6.45) is 3.13. The molecule has 3 heteroatoms. The molecule has 1 atom stereocenters. The zero-order valence-corrected chi connectivity index (χ0v) is 12.0. The van der Waals surface area contributed by atoms with Gasteiger partial charge in [-0.3, -0.25) is 4.79 Å². The molecule has 0 aromatic heterocycles. The van der Waals surface area contributed by atoms with Gasteiger partial charge in [0.25, 0.3) is 5.78 Å². The van der Waals surface area contributed by atoms with Gasteiger partial charge in [-0.25, -0.2) is 4.79 Å². The van der Waals surface area contributed by atoms with Crippen molar-refractivity contribution in [3.8, 4) is 0 Å². The fraction of sp³-hybridized carbons (Fsp3) is 0.500. The number of carbonyl (C=O) groups is 2. The Morgan fingerprint density at radius 2 is 1.84 bits per heavy atom. The lowest BCUT2D eigenvalue weighted by Gasteiger charge is -2.20. The Kier molecular flexibility index (Phi) is 3.48. The first-order valence-electron chi connectivity index (χ1n) is 6.65. The lowest BCUT2D eigenvalue weighted by Crippen LogP contribution is -2.17. The number of ketones is 1. The first-order valence-corrected chi connectivity index (χ1v) is 6.65. The maximum absolute atomic E-state index is 12.0. The van der Waals surface area contributed by atoms with Gasteiger partial charge in [0.15, 0.2) is 0 Å². The van der Waals surface area contributed by atoms with Crippen LogP contribution in [0.1, 0.15) is 47.3 Å². The van der Waals surface area contributed by atoms with Crippen LogP contribution in [0.25, 0.3) is 0 Å². The maximum Gasteiger partial charge on any atom is 0.379 e. The summed E-state index contributed by atoms with van der Waals surface area (Å²) in [6, 6.07) is 3.93. The number of esters is 1. The SMILES string of the molecule is CCC1(C)Cc2cc(C)c(C(=O)C(=O)OC)cc2C1. The van der Waals surface area contributed by atoms with E-state index in [4.69, 9.17) is 0 Å². The smallest absolute Gasteiger partial charge is 0.379 e. The largest absolute Gasteiger partial charge is 0.463 e. The van der Waals surface area contributed by atoms with Crippen molar-refractivity contribution in [2.75, 3.05) is 7.11 Å². The lowest BCUT2D eigenvalue weighted by atomic mass is 9.85. The van der Waals surface area contributed by atoms with Crippen LogP contribution in [0.15, 0.2) is 12.1 Å². The van der Waals surface area contributed by atoms with Crippen molar-refractivity contribution in [3.05, 3.63) is 34.4 Å². The molecule has 3 nitrogen and oxygen atoms in total. The Morgan fingerprint density at radius 1 is 1.26 bits per heavy atom. The molecule has 1 aromatic carbocycles. The summed E-state index contributed by atoms with van der Waals surface area (Å²) in [6.45, 7) is 6.33. The van der Waals surface area contributed by atoms with Gasteiger partial charge in [0.1, 0.15) is 0 Å². The first kappa shape index (κ1) is 13.8. The molecular weight excluding hydrogens is 240 g/mol. The van der Waals surface area contributed by atoms with E-state index in [1.54, 1.807) is 0 Å². The Labute approximate surface area is 114 Å². The van der Waals surface area contributed by atoms with Crippen molar-refractivity contribution in [1.82, 2.24) is 0 Å². The van der Waals surface area contributed by atoms with Crippen LogP contribution in [0.5, 0.6) is 0 Å². The fourth-order valence-corrected chi connectivity index (χ4v) is 2.82. The van der Waals surface area contributed by atoms with E-state index in [-0.39, 0.29) is 5.41 Å². The van der Waals surface area contributed by atoms with Crippen LogP contribution in [0, 0.1) is 12.3 Å². The molecular formula is C16H20O3. The average molecular weight is 260 g/mol. The van der Waals surface area contributed by atoms with Crippen molar-refractivity contribution >= 4 is 11.8 Å². The molecule has 0 spiro atoms. The normalized spacial score (nSPS) is 21.1. The number of methoxy groups -OCH3 is 1. The van der Waals surface area contributed by atoms with Crippen molar-refractivity contribution < 1.29 is 14.3 Å². The zero-order chi connectivity index (χ0) is 14.2. The lowest BCUT2D eigenvalue weighted by molar-refractivity contribution is -0.135. The summed E-state index contributed by atoms with van der Waals surface area (Å²) in [5, 5.41) is 0. The monoisotopic (exact) mass is 260 g/mol. The molecule has 1 unspecified atom stereocenters. The third kappa shape index (κ3) is 2.42. The van der Waals surface area contributed by atoms with Crippen LogP contribution in [-0.4, -0.2) is 18.9 Å². The highest BCUT2D eigenvalue weighted by atomic mass is 16.5. The number of ether oxygens (including phenoxy) is 1. The van der Waals surface area contributed by atoms with E-state index < -0.39 is 11.8 Å². The summed E-state index contributed by atoms with van der Waals surface area (Å²) >= 11 is 0. The molecule has 0 saturated carbocycles. The number of aryl methyl sites for hydroxylation is 1. The van der Waals surface area contributed by atoms with Gasteiger partial charge in [0, 0.05) is 5.56 Å². The van der Waals surface area contributed by atoms with Gasteiger partial charge >= 0.3 is 5.97 Å². The molecule has 1 aromatic rings. The van der Waals surface area contributed by atoms with Crippen molar-refractivity contribution in [2.24, 2.45) is 5.41 Å². The van der Waals surface area contributed by atoms with E-state index in [0.717, 1.165) is 24.8 Å². The van der Waals surface area contributed by atoms with Gasteiger partial charge in [-0.1, -0.05) is 26.3 Å². The van der Waals surface area contributed by atoms with E-state index in [2.05, 4.69) is 18.6 Å². The minimum absolute atomic E-state index is 0.279. The highest BCUT2D eigenvalue weighted by Crippen LogP contribution is 2.40. The molecule has 0 aliphatic heterocycles. The number of Topliss-reactive ketones (excluding diaryl/α,β-unsaturated/α-hetero) is 1. The van der Waals surface area contributed by atoms with Crippen molar-refractivity contribution in [3.63, 3.8) is 0 Å². The molecule has 0 N–H and O–H groups in total. The Morgan fingerprint density at radius 3 is 2.37 bits per heavy atom. The number of benzene rings is 1. The Hall–Kier alpha value is -1.64. The number of fused-ring (bicyclic) bond motifs is 1. The van der Waals surface area contributed by atoms with E-state index in [1.807, 2.05) is 19.1 Å². The maximum atomic E-state index is 12.0. The zero-order valence-electron chi connectivity index (χ0n) is 12.0. The van der Waals surface area contributed by atoms with E-state index >= 15 is 0 Å². The Balaban J connectivity index is 2.40. The third-order valence-corrected chi connectivity index (χ3v) is 4.25. The molecule has 19 heavy (non-hydrogen) atoms. The van der Waals surface area contributed by atoms with Gasteiger partial charge in [0.05, 0.1) is 7.11 Å². The second-order valence-corrected chi connectivity index (χ2v) is 5.77. The summed E-state index contributed by atoms with van der Waals surface area (Å²) in [5.74, 6) is -1.34. The Bertz CT molecular complexity index is 545. The third-order valence-electron chi connectivity index (χ3n) is 4.25. The molecule has 0 bridgehead atoms. The quantitative estimate of drug-likeness (QED) is 0.477. The fourth-order valence-electron chi connectivity index (χ4n) is 2.82. The van der Waals surface area contributed by atoms with Crippen LogP contribution in [-0.2, 0) is 22.4 Å². The summed E-state index contributed by atoms with van der Waals surface area (Å²) in [7, 11) is 1.23. The standard InChI is InChI=1S/C16H20O3/c1-5-16(3)8-11-6-10(2)13(7-12(11)9-16)14(17)15(18)19-4/h6-7H,5,8-9H2,1-4H3. The van der Waals surface area contributed by atoms with Crippen LogP contribution < -0.4 is 0 Å². The predicted octanol–water partition coefficient (Wildman–Crippen LogP) is 2.87. The van der Waals surface area contributed by atoms with E-state index in [0.29, 0.717) is 5.56 Å². The average Bonchev–Trinajstić information content (AvgIpc) is 2.72. The van der Waals surface area contributed by atoms with Gasteiger partial charge < -0.3 is 4.74 Å². The molecule has 0 radical (unpaired) electrons. The molecule has 2 rings (SSSR count). The summed E-state index contributed by atoms with van der Waals surface area (Å²) in [4.78, 5) is 23.3. The first-order chi connectivity index (χ1) is 8.90. The van der Waals surface area contributed by atoms with Gasteiger partial charge in [-0.15, -0.1) is 0 Å². The van der Waals surface area contributed by atoms with Gasteiger partial charge in [-0.05, 0) is 47.9 Å². The number of hydrogen-bond acceptors (Lipinski definition) is 3. The van der Waals surface area contributed by atoms with Gasteiger partial charge in [0.2, 0.25) is 0 Å². The molecule has 0 heterocycles. The van der Waals surface area contributed by atoms with Gasteiger partial charge in [-0.2, -0.15) is 0 Å². The predicted molar refractivity (Wildman–Crippen MR) is 73.3 cm³/mol. The van der Waals surface area contributed by atoms with Crippen LogP contribution >= 0.6 is 0 Å². The minimum atomic E-state index is -0.792. The van der Waals surface area contributed by atoms with Crippen molar-refractivity contribution in [1.29, 1.82) is 0 Å². The van der Waals surface area contributed by atoms with Crippen LogP contribution in [0.4, 0.5) is 0 Å². The molecule has 0 fully saturated rings. The molecule has 0 saturated heterocycles. The second kappa shape index (κ2) is 4.80. The summed E-state index contributed by atoms with van der Waals surface area (Å²) < 4.78 is 4.51. The molecule has 1 aliphatic carbocycles. The van der Waals surface area contributed by atoms with Crippen molar-refractivity contribution in [2.45, 2.75) is 40.0 Å². The second-order valence-electron chi connectivity index (χ2n) is 5.77. The minimum Gasteiger partial charge on any atom is -0.463 e. The highest BCUT2D eigenvalue weighted by molar-refractivity contribution is 6.41. The number of carbonyl (C=O) groups excluding carboxylic acids is 2. The highest BCUT2D eigenvalue weighted by Gasteiger charge is 2.32. The van der Waals surface area contributed by atoms with Crippen LogP contribution in [0.3, 0.4) is 0 Å².